The zero-order valence-corrected chi connectivity index (χ0v) is 15.8. The first-order chi connectivity index (χ1) is 13.5. The van der Waals surface area contributed by atoms with Gasteiger partial charge in [0.05, 0.1) is 34.9 Å². The Balaban J connectivity index is 1.50. The van der Waals surface area contributed by atoms with Crippen LogP contribution in [0.4, 0.5) is 21.6 Å². The van der Waals surface area contributed by atoms with Crippen LogP contribution >= 0.6 is 0 Å². The molecule has 146 valence electrons. The Morgan fingerprint density at radius 3 is 2.93 bits per heavy atom. The average Bonchev–Trinajstić information content (AvgIpc) is 3.42. The van der Waals surface area contributed by atoms with E-state index in [-0.39, 0.29) is 12.4 Å². The molecule has 2 aliphatic rings. The first kappa shape index (κ1) is 17.2. The van der Waals surface area contributed by atoms with Gasteiger partial charge >= 0.3 is 0 Å². The van der Waals surface area contributed by atoms with Crippen LogP contribution in [-0.2, 0) is 6.54 Å². The lowest BCUT2D eigenvalue weighted by Gasteiger charge is -2.31. The van der Waals surface area contributed by atoms with Crippen LogP contribution in [0, 0.1) is 18.7 Å². The summed E-state index contributed by atoms with van der Waals surface area (Å²) in [7, 11) is 1.75. The van der Waals surface area contributed by atoms with Gasteiger partial charge in [0.25, 0.3) is 0 Å². The van der Waals surface area contributed by atoms with Crippen molar-refractivity contribution in [2.24, 2.45) is 5.92 Å². The molecule has 1 fully saturated rings. The lowest BCUT2D eigenvalue weighted by atomic mass is 10.1. The number of benzene rings is 1. The highest BCUT2D eigenvalue weighted by Gasteiger charge is 2.25. The van der Waals surface area contributed by atoms with Crippen molar-refractivity contribution in [2.45, 2.75) is 32.5 Å². The van der Waals surface area contributed by atoms with E-state index < -0.39 is 6.23 Å². The van der Waals surface area contributed by atoms with E-state index in [2.05, 4.69) is 19.9 Å². The van der Waals surface area contributed by atoms with Crippen LogP contribution in [0.2, 0.25) is 0 Å². The van der Waals surface area contributed by atoms with E-state index in [0.29, 0.717) is 39.9 Å². The van der Waals surface area contributed by atoms with Gasteiger partial charge in [0.15, 0.2) is 23.6 Å². The predicted octanol–water partition coefficient (Wildman–Crippen LogP) is 3.18. The number of nitrogens with one attached hydrogen (secondary N) is 1. The van der Waals surface area contributed by atoms with Gasteiger partial charge in [-0.1, -0.05) is 0 Å². The van der Waals surface area contributed by atoms with Crippen LogP contribution in [0.3, 0.4) is 0 Å². The first-order valence-electron chi connectivity index (χ1n) is 9.46. The highest BCUT2D eigenvalue weighted by Crippen LogP contribution is 2.36. The van der Waals surface area contributed by atoms with Crippen molar-refractivity contribution in [1.82, 2.24) is 14.5 Å². The summed E-state index contributed by atoms with van der Waals surface area (Å²) in [5, 5.41) is 13.0. The number of hydrogen-bond acceptors (Lipinski definition) is 6. The van der Waals surface area contributed by atoms with Gasteiger partial charge in [-0.2, -0.15) is 0 Å². The zero-order chi connectivity index (χ0) is 19.4. The lowest BCUT2D eigenvalue weighted by molar-refractivity contribution is 0.0943. The number of aryl methyl sites for hydroxylation is 1. The third-order valence-corrected chi connectivity index (χ3v) is 5.51. The highest BCUT2D eigenvalue weighted by atomic mass is 19.1. The summed E-state index contributed by atoms with van der Waals surface area (Å²) < 4.78 is 22.6. The van der Waals surface area contributed by atoms with Crippen LogP contribution in [0.25, 0.3) is 11.0 Å². The SMILES string of the molecule is Cc1c(F)c(Nc2cnc3c(c2)OCC(O)N3C)cc2c1ncn2CC1CC1. The maximum absolute atomic E-state index is 14.9. The number of rotatable bonds is 4. The Hall–Kier alpha value is -2.87. The third-order valence-electron chi connectivity index (χ3n) is 5.51. The number of aliphatic hydroxyl groups is 1. The van der Waals surface area contributed by atoms with Crippen LogP contribution < -0.4 is 15.0 Å². The number of aliphatic hydroxyl groups excluding tert-OH is 1. The van der Waals surface area contributed by atoms with E-state index in [1.165, 1.54) is 12.8 Å². The zero-order valence-electron chi connectivity index (χ0n) is 15.8. The summed E-state index contributed by atoms with van der Waals surface area (Å²) in [4.78, 5) is 10.4. The number of fused-ring (bicyclic) bond motifs is 2. The second-order valence-electron chi connectivity index (χ2n) is 7.64. The fourth-order valence-corrected chi connectivity index (χ4v) is 3.60. The average molecular weight is 383 g/mol. The fraction of sp³-hybridized carbons (Fsp3) is 0.400. The quantitative estimate of drug-likeness (QED) is 0.721. The smallest absolute Gasteiger partial charge is 0.173 e. The number of hydrogen-bond donors (Lipinski definition) is 2. The Morgan fingerprint density at radius 1 is 1.32 bits per heavy atom. The summed E-state index contributed by atoms with van der Waals surface area (Å²) in [6.45, 7) is 2.83. The number of anilines is 3. The topological polar surface area (TPSA) is 75.4 Å². The molecule has 28 heavy (non-hydrogen) atoms. The monoisotopic (exact) mass is 383 g/mol. The molecule has 0 bridgehead atoms. The number of nitrogens with zero attached hydrogens (tertiary/aromatic N) is 4. The molecule has 7 nitrogen and oxygen atoms in total. The second-order valence-corrected chi connectivity index (χ2v) is 7.64. The molecule has 0 spiro atoms. The number of aromatic nitrogens is 3. The Kier molecular flexibility index (Phi) is 3.90. The lowest BCUT2D eigenvalue weighted by Crippen LogP contribution is -2.40. The predicted molar refractivity (Wildman–Crippen MR) is 105 cm³/mol. The maximum Gasteiger partial charge on any atom is 0.173 e. The van der Waals surface area contributed by atoms with Crippen LogP contribution in [0.1, 0.15) is 18.4 Å². The molecule has 1 atom stereocenters. The van der Waals surface area contributed by atoms with E-state index >= 15 is 0 Å². The largest absolute Gasteiger partial charge is 0.485 e. The van der Waals surface area contributed by atoms with Crippen molar-refractivity contribution in [3.8, 4) is 5.75 Å². The summed E-state index contributed by atoms with van der Waals surface area (Å²) in [5.74, 6) is 1.48. The van der Waals surface area contributed by atoms with E-state index in [1.807, 2.05) is 6.07 Å². The molecule has 1 aliphatic heterocycles. The van der Waals surface area contributed by atoms with Gasteiger partial charge in [-0.15, -0.1) is 0 Å². The summed E-state index contributed by atoms with van der Waals surface area (Å²) in [6, 6.07) is 3.58. The van der Waals surface area contributed by atoms with E-state index in [0.717, 1.165) is 12.1 Å². The van der Waals surface area contributed by atoms with E-state index in [9.17, 15) is 9.50 Å². The summed E-state index contributed by atoms with van der Waals surface area (Å²) in [6.07, 6.45) is 5.17. The van der Waals surface area contributed by atoms with Crippen molar-refractivity contribution in [2.75, 3.05) is 23.9 Å². The molecule has 0 saturated heterocycles. The number of pyridine rings is 1. The fourth-order valence-electron chi connectivity index (χ4n) is 3.60. The molecular formula is C20H22FN5O2. The van der Waals surface area contributed by atoms with Crippen molar-refractivity contribution in [3.63, 3.8) is 0 Å². The second kappa shape index (κ2) is 6.34. The van der Waals surface area contributed by atoms with E-state index in [1.54, 1.807) is 37.5 Å². The number of likely N-dealkylation sites (N-methyl/N-ethyl adjacent to an activating group) is 1. The molecule has 5 rings (SSSR count). The van der Waals surface area contributed by atoms with Crippen molar-refractivity contribution >= 4 is 28.2 Å². The minimum Gasteiger partial charge on any atom is -0.485 e. The molecule has 0 radical (unpaired) electrons. The molecule has 3 heterocycles. The Labute approximate surface area is 161 Å². The van der Waals surface area contributed by atoms with Crippen LogP contribution in [0.5, 0.6) is 5.75 Å². The molecule has 8 heteroatoms. The van der Waals surface area contributed by atoms with Gasteiger partial charge in [0.1, 0.15) is 6.61 Å². The molecule has 2 N–H and O–H groups in total. The third kappa shape index (κ3) is 2.84. The minimum absolute atomic E-state index is 0.161. The minimum atomic E-state index is -0.729. The van der Waals surface area contributed by atoms with Crippen LogP contribution in [-0.4, -0.2) is 39.5 Å². The van der Waals surface area contributed by atoms with Crippen molar-refractivity contribution in [3.05, 3.63) is 36.0 Å². The number of imidazole rings is 1. The summed E-state index contributed by atoms with van der Waals surface area (Å²) in [5.41, 5.74) is 3.16. The standard InChI is InChI=1S/C20H22FN5O2/c1-11-18(21)14(6-15-19(11)23-10-26(15)8-12-3-4-12)24-13-5-16-20(22-7-13)25(2)17(27)9-28-16/h5-7,10,12,17,24,27H,3-4,8-9H2,1-2H3. The van der Waals surface area contributed by atoms with Gasteiger partial charge in [0, 0.05) is 25.2 Å². The molecule has 1 aliphatic carbocycles. The molecule has 2 aromatic heterocycles. The highest BCUT2D eigenvalue weighted by molar-refractivity contribution is 5.85. The van der Waals surface area contributed by atoms with Crippen LogP contribution in [0.15, 0.2) is 24.7 Å². The molecular weight excluding hydrogens is 361 g/mol. The maximum atomic E-state index is 14.9. The molecule has 1 aromatic carbocycles. The number of ether oxygens (including phenoxy) is 1. The molecule has 3 aromatic rings. The van der Waals surface area contributed by atoms with Gasteiger partial charge < -0.3 is 24.6 Å². The molecule has 0 amide bonds. The normalized spacial score (nSPS) is 18.9. The van der Waals surface area contributed by atoms with Crippen molar-refractivity contribution in [1.29, 1.82) is 0 Å². The van der Waals surface area contributed by atoms with Gasteiger partial charge in [-0.3, -0.25) is 0 Å². The van der Waals surface area contributed by atoms with Crippen molar-refractivity contribution < 1.29 is 14.2 Å². The summed E-state index contributed by atoms with van der Waals surface area (Å²) >= 11 is 0. The van der Waals surface area contributed by atoms with Gasteiger partial charge in [-0.25, -0.2) is 14.4 Å². The molecule has 1 unspecified atom stereocenters. The Morgan fingerprint density at radius 2 is 2.14 bits per heavy atom. The Bertz CT molecular complexity index is 1060. The molecule has 1 saturated carbocycles. The van der Waals surface area contributed by atoms with Gasteiger partial charge in [0.2, 0.25) is 0 Å². The first-order valence-corrected chi connectivity index (χ1v) is 9.46. The van der Waals surface area contributed by atoms with E-state index in [4.69, 9.17) is 4.74 Å². The number of halogens is 1. The van der Waals surface area contributed by atoms with Gasteiger partial charge in [-0.05, 0) is 31.7 Å².